The van der Waals surface area contributed by atoms with E-state index in [9.17, 15) is 9.90 Å². The summed E-state index contributed by atoms with van der Waals surface area (Å²) in [6.45, 7) is 7.66. The second kappa shape index (κ2) is 11.6. The summed E-state index contributed by atoms with van der Waals surface area (Å²) in [6, 6.07) is 9.04. The van der Waals surface area contributed by atoms with Crippen molar-refractivity contribution < 1.29 is 23.9 Å². The van der Waals surface area contributed by atoms with Gasteiger partial charge in [0.2, 0.25) is 0 Å². The van der Waals surface area contributed by atoms with Crippen molar-refractivity contribution in [3.8, 4) is 17.0 Å². The Morgan fingerprint density at radius 1 is 1.19 bits per heavy atom. The van der Waals surface area contributed by atoms with Gasteiger partial charge in [-0.15, -0.1) is 0 Å². The minimum Gasteiger partial charge on any atom is -0.489 e. The van der Waals surface area contributed by atoms with Crippen LogP contribution in [0.3, 0.4) is 0 Å². The second-order valence-electron chi connectivity index (χ2n) is 11.8. The summed E-state index contributed by atoms with van der Waals surface area (Å²) in [7, 11) is 0. The summed E-state index contributed by atoms with van der Waals surface area (Å²) >= 11 is 14.6. The highest BCUT2D eigenvalue weighted by molar-refractivity contribution is 7.22. The first-order valence-electron chi connectivity index (χ1n) is 14.6. The van der Waals surface area contributed by atoms with Crippen LogP contribution in [0.25, 0.3) is 21.5 Å². The van der Waals surface area contributed by atoms with Gasteiger partial charge in [0, 0.05) is 49.3 Å². The van der Waals surface area contributed by atoms with Crippen LogP contribution in [0.2, 0.25) is 10.0 Å². The number of hydrogen-bond donors (Lipinski definition) is 1. The Labute approximate surface area is 263 Å². The molecule has 2 atom stereocenters. The van der Waals surface area contributed by atoms with E-state index in [0.29, 0.717) is 51.1 Å². The molecule has 1 aliphatic carbocycles. The first-order chi connectivity index (χ1) is 20.7. The zero-order chi connectivity index (χ0) is 29.8. The smallest absolute Gasteiger partial charge is 0.335 e. The standard InChI is InChI=1S/C31H32Cl2N4O5S/c1-16(2)41-24-10-18(30(38)39)11-25-28(24)34-31(43-25)37-9-8-36-14-20(12-19(36)13-37)40-15-21-27(35-42-29(21)17-6-7-17)26-22(32)4-3-5-23(26)33/h3-5,10-11,16-17,19-20H,6-9,12-15H2,1-2H3,(H,38,39)/t19?,20-/m1/s1. The van der Waals surface area contributed by atoms with E-state index in [1.165, 1.54) is 11.3 Å². The van der Waals surface area contributed by atoms with Crippen LogP contribution in [0.5, 0.6) is 5.75 Å². The first-order valence-corrected chi connectivity index (χ1v) is 16.2. The van der Waals surface area contributed by atoms with E-state index in [1.54, 1.807) is 12.1 Å². The zero-order valence-corrected chi connectivity index (χ0v) is 26.2. The number of hydrogen-bond acceptors (Lipinski definition) is 9. The average Bonchev–Trinajstić information content (AvgIpc) is 3.38. The van der Waals surface area contributed by atoms with Gasteiger partial charge in [0.1, 0.15) is 22.7 Å². The van der Waals surface area contributed by atoms with E-state index in [-0.39, 0.29) is 17.8 Å². The lowest BCUT2D eigenvalue weighted by Crippen LogP contribution is -2.50. The van der Waals surface area contributed by atoms with Crippen LogP contribution in [-0.2, 0) is 11.3 Å². The van der Waals surface area contributed by atoms with Crippen molar-refractivity contribution in [1.82, 2.24) is 15.0 Å². The van der Waals surface area contributed by atoms with Crippen LogP contribution in [0.15, 0.2) is 34.9 Å². The van der Waals surface area contributed by atoms with Crippen molar-refractivity contribution in [3.63, 3.8) is 0 Å². The van der Waals surface area contributed by atoms with Crippen molar-refractivity contribution in [2.24, 2.45) is 0 Å². The molecule has 0 amide bonds. The van der Waals surface area contributed by atoms with Crippen LogP contribution in [0.1, 0.15) is 60.7 Å². The summed E-state index contributed by atoms with van der Waals surface area (Å²) in [5, 5.41) is 16.0. The predicted molar refractivity (Wildman–Crippen MR) is 167 cm³/mol. The van der Waals surface area contributed by atoms with E-state index >= 15 is 0 Å². The third-order valence-electron chi connectivity index (χ3n) is 8.34. The summed E-state index contributed by atoms with van der Waals surface area (Å²) in [5.41, 5.74) is 3.22. The minimum absolute atomic E-state index is 0.0704. The molecule has 7 rings (SSSR count). The lowest BCUT2D eigenvalue weighted by molar-refractivity contribution is 0.0463. The van der Waals surface area contributed by atoms with Gasteiger partial charge in [0.05, 0.1) is 39.1 Å². The van der Waals surface area contributed by atoms with Crippen molar-refractivity contribution in [2.45, 2.75) is 63.9 Å². The fourth-order valence-electron chi connectivity index (χ4n) is 6.13. The lowest BCUT2D eigenvalue weighted by atomic mass is 10.0. The second-order valence-corrected chi connectivity index (χ2v) is 13.6. The number of ether oxygens (including phenoxy) is 2. The summed E-state index contributed by atoms with van der Waals surface area (Å²) in [5.74, 6) is 0.790. The maximum absolute atomic E-state index is 11.7. The van der Waals surface area contributed by atoms with Crippen molar-refractivity contribution in [2.75, 3.05) is 31.1 Å². The van der Waals surface area contributed by atoms with E-state index in [0.717, 1.165) is 66.6 Å². The van der Waals surface area contributed by atoms with Crippen LogP contribution in [-0.4, -0.2) is 70.5 Å². The molecule has 3 fully saturated rings. The number of carbonyl (C=O) groups is 1. The van der Waals surface area contributed by atoms with E-state index in [1.807, 2.05) is 32.0 Å². The van der Waals surface area contributed by atoms with Crippen LogP contribution in [0, 0.1) is 0 Å². The Kier molecular flexibility index (Phi) is 7.75. The van der Waals surface area contributed by atoms with E-state index in [2.05, 4.69) is 15.0 Å². The van der Waals surface area contributed by atoms with E-state index in [4.69, 9.17) is 42.2 Å². The highest BCUT2D eigenvalue weighted by Gasteiger charge is 2.39. The van der Waals surface area contributed by atoms with Crippen LogP contribution in [0.4, 0.5) is 5.13 Å². The van der Waals surface area contributed by atoms with Gasteiger partial charge >= 0.3 is 5.97 Å². The van der Waals surface area contributed by atoms with Gasteiger partial charge in [-0.05, 0) is 57.4 Å². The monoisotopic (exact) mass is 642 g/mol. The predicted octanol–water partition coefficient (Wildman–Crippen LogP) is 7.10. The Balaban J connectivity index is 1.06. The van der Waals surface area contributed by atoms with Crippen molar-refractivity contribution in [1.29, 1.82) is 0 Å². The molecule has 4 aromatic rings. The molecule has 1 N–H and O–H groups in total. The number of aromatic nitrogens is 2. The van der Waals surface area contributed by atoms with Gasteiger partial charge in [-0.3, -0.25) is 4.90 Å². The molecule has 12 heteroatoms. The topological polar surface area (TPSA) is 101 Å². The Morgan fingerprint density at radius 2 is 1.98 bits per heavy atom. The Hall–Kier alpha value is -2.89. The van der Waals surface area contributed by atoms with Crippen LogP contribution >= 0.6 is 34.5 Å². The number of benzene rings is 2. The molecular weight excluding hydrogens is 611 g/mol. The molecule has 0 bridgehead atoms. The molecule has 1 saturated carbocycles. The third-order valence-corrected chi connectivity index (χ3v) is 10.0. The summed E-state index contributed by atoms with van der Waals surface area (Å²) < 4.78 is 19.1. The molecule has 226 valence electrons. The Morgan fingerprint density at radius 3 is 2.70 bits per heavy atom. The molecule has 4 heterocycles. The maximum atomic E-state index is 11.7. The lowest BCUT2D eigenvalue weighted by Gasteiger charge is -2.37. The number of halogens is 2. The maximum Gasteiger partial charge on any atom is 0.335 e. The Bertz CT molecular complexity index is 1670. The molecule has 1 unspecified atom stereocenters. The number of piperazine rings is 1. The molecule has 9 nitrogen and oxygen atoms in total. The molecular formula is C31H32Cl2N4O5S. The number of fused-ring (bicyclic) bond motifs is 2. The average molecular weight is 644 g/mol. The fourth-order valence-corrected chi connectivity index (χ4v) is 7.76. The number of anilines is 1. The first kappa shape index (κ1) is 28.9. The molecule has 0 spiro atoms. The number of carboxylic acids is 1. The third kappa shape index (κ3) is 5.71. The molecule has 3 aliphatic rings. The van der Waals surface area contributed by atoms with Crippen molar-refractivity contribution >= 4 is 55.9 Å². The number of carboxylic acid groups (broad SMARTS) is 1. The zero-order valence-electron chi connectivity index (χ0n) is 23.9. The highest BCUT2D eigenvalue weighted by Crippen LogP contribution is 2.46. The largest absolute Gasteiger partial charge is 0.489 e. The van der Waals surface area contributed by atoms with Gasteiger partial charge in [-0.2, -0.15) is 0 Å². The molecule has 2 aromatic heterocycles. The highest BCUT2D eigenvalue weighted by atomic mass is 35.5. The summed E-state index contributed by atoms with van der Waals surface area (Å²) in [6.07, 6.45) is 3.05. The van der Waals surface area contributed by atoms with Gasteiger partial charge in [-0.25, -0.2) is 9.78 Å². The summed E-state index contributed by atoms with van der Waals surface area (Å²) in [4.78, 5) is 21.4. The van der Waals surface area contributed by atoms with Gasteiger partial charge in [-0.1, -0.05) is 45.8 Å². The quantitative estimate of drug-likeness (QED) is 0.205. The molecule has 2 saturated heterocycles. The molecule has 2 aliphatic heterocycles. The fraction of sp³-hybridized carbons (Fsp3) is 0.452. The number of nitrogens with zero attached hydrogens (tertiary/aromatic N) is 4. The minimum atomic E-state index is -0.978. The molecule has 43 heavy (non-hydrogen) atoms. The van der Waals surface area contributed by atoms with Crippen LogP contribution < -0.4 is 9.64 Å². The van der Waals surface area contributed by atoms with Crippen molar-refractivity contribution in [3.05, 3.63) is 57.3 Å². The van der Waals surface area contributed by atoms with Gasteiger partial charge in [0.25, 0.3) is 0 Å². The van der Waals surface area contributed by atoms with Gasteiger partial charge in [0.15, 0.2) is 5.13 Å². The number of aromatic carboxylic acids is 1. The SMILES string of the molecule is CC(C)Oc1cc(C(=O)O)cc2sc(N3CCN4C[C@H](OCc5c(-c6c(Cl)cccc6Cl)noc5C5CC5)CC4C3)nc12. The van der Waals surface area contributed by atoms with Gasteiger partial charge < -0.3 is 24.0 Å². The molecule has 0 radical (unpaired) electrons. The number of rotatable bonds is 9. The normalized spacial score (nSPS) is 20.7. The number of thiazole rings is 1. The molecule has 2 aromatic carbocycles. The van der Waals surface area contributed by atoms with E-state index < -0.39 is 5.97 Å².